The van der Waals surface area contributed by atoms with Crippen molar-refractivity contribution in [3.63, 3.8) is 0 Å². The van der Waals surface area contributed by atoms with E-state index in [1.165, 1.54) is 0 Å². The van der Waals surface area contributed by atoms with E-state index in [-0.39, 0.29) is 6.03 Å². The third kappa shape index (κ3) is 5.08. The second kappa shape index (κ2) is 10.3. The molecule has 35 heavy (non-hydrogen) atoms. The first-order valence-corrected chi connectivity index (χ1v) is 12.0. The number of benzene rings is 2. The average Bonchev–Trinajstić information content (AvgIpc) is 3.27. The summed E-state index contributed by atoms with van der Waals surface area (Å²) in [4.78, 5) is 26.4. The van der Waals surface area contributed by atoms with Gasteiger partial charge in [-0.1, -0.05) is 41.9 Å². The molecule has 8 nitrogen and oxygen atoms in total. The number of anilines is 1. The number of rotatable bonds is 6. The van der Waals surface area contributed by atoms with Crippen molar-refractivity contribution in [1.82, 2.24) is 24.3 Å². The molecule has 1 N–H and O–H groups in total. The molecule has 9 heteroatoms. The van der Waals surface area contributed by atoms with Gasteiger partial charge in [0.25, 0.3) is 0 Å². The summed E-state index contributed by atoms with van der Waals surface area (Å²) in [6, 6.07) is 19.1. The molecule has 0 aliphatic carbocycles. The first-order valence-electron chi connectivity index (χ1n) is 11.6. The third-order valence-electron chi connectivity index (χ3n) is 6.24. The number of nitrogens with one attached hydrogen (secondary N) is 1. The lowest BCUT2D eigenvalue weighted by Crippen LogP contribution is -2.50. The molecule has 1 aliphatic rings. The number of carbonyl (C=O) groups is 1. The van der Waals surface area contributed by atoms with Gasteiger partial charge < -0.3 is 19.5 Å². The molecular formula is C26H27ClN6O2. The first kappa shape index (κ1) is 23.1. The number of methoxy groups -OCH3 is 1. The Hall–Kier alpha value is -3.62. The summed E-state index contributed by atoms with van der Waals surface area (Å²) in [5.74, 6) is 1.50. The summed E-state index contributed by atoms with van der Waals surface area (Å²) in [5, 5.41) is 3.47. The fraction of sp³-hybridized carbons (Fsp3) is 0.269. The van der Waals surface area contributed by atoms with Crippen LogP contribution in [0.1, 0.15) is 0 Å². The molecule has 2 aromatic carbocycles. The molecule has 3 heterocycles. The Labute approximate surface area is 209 Å². The van der Waals surface area contributed by atoms with Crippen LogP contribution in [0.2, 0.25) is 5.02 Å². The minimum absolute atomic E-state index is 0.151. The number of piperazine rings is 1. The summed E-state index contributed by atoms with van der Waals surface area (Å²) >= 11 is 6.09. The number of imidazole rings is 1. The highest BCUT2D eigenvalue weighted by Gasteiger charge is 2.23. The number of fused-ring (bicyclic) bond motifs is 1. The van der Waals surface area contributed by atoms with Crippen molar-refractivity contribution >= 4 is 34.5 Å². The van der Waals surface area contributed by atoms with Gasteiger partial charge in [-0.25, -0.2) is 14.8 Å². The van der Waals surface area contributed by atoms with Crippen LogP contribution in [0.25, 0.3) is 22.6 Å². The van der Waals surface area contributed by atoms with Gasteiger partial charge in [0.1, 0.15) is 17.1 Å². The zero-order chi connectivity index (χ0) is 24.2. The number of pyridine rings is 1. The maximum Gasteiger partial charge on any atom is 0.322 e. The maximum atomic E-state index is 12.8. The van der Waals surface area contributed by atoms with E-state index < -0.39 is 0 Å². The zero-order valence-corrected chi connectivity index (χ0v) is 20.3. The SMILES string of the molecule is COc1ccc(Cl)cc1NC(=O)N1CCN(CCn2c(-c3ccccc3)nc3cccnc32)CC1. The van der Waals surface area contributed by atoms with Crippen LogP contribution in [-0.2, 0) is 6.54 Å². The molecule has 4 aromatic rings. The molecule has 0 bridgehead atoms. The molecule has 2 amide bonds. The van der Waals surface area contributed by atoms with Crippen LogP contribution in [0.4, 0.5) is 10.5 Å². The average molecular weight is 491 g/mol. The van der Waals surface area contributed by atoms with E-state index in [2.05, 4.69) is 31.9 Å². The molecule has 0 saturated carbocycles. The Morgan fingerprint density at radius 3 is 2.60 bits per heavy atom. The summed E-state index contributed by atoms with van der Waals surface area (Å²) in [7, 11) is 1.57. The molecule has 1 fully saturated rings. The van der Waals surface area contributed by atoms with E-state index in [0.717, 1.165) is 48.7 Å². The predicted octanol–water partition coefficient (Wildman–Crippen LogP) is 4.61. The van der Waals surface area contributed by atoms with Gasteiger partial charge in [0.2, 0.25) is 0 Å². The topological polar surface area (TPSA) is 75.5 Å². The van der Waals surface area contributed by atoms with Crippen molar-refractivity contribution < 1.29 is 9.53 Å². The number of hydrogen-bond donors (Lipinski definition) is 1. The van der Waals surface area contributed by atoms with Crippen LogP contribution in [0, 0.1) is 0 Å². The first-order chi connectivity index (χ1) is 17.1. The van der Waals surface area contributed by atoms with Gasteiger partial charge in [0, 0.05) is 56.1 Å². The fourth-order valence-corrected chi connectivity index (χ4v) is 4.54. The van der Waals surface area contributed by atoms with Gasteiger partial charge in [-0.05, 0) is 30.3 Å². The highest BCUT2D eigenvalue weighted by molar-refractivity contribution is 6.31. The van der Waals surface area contributed by atoms with E-state index in [4.69, 9.17) is 21.3 Å². The van der Waals surface area contributed by atoms with Crippen molar-refractivity contribution in [2.45, 2.75) is 6.54 Å². The van der Waals surface area contributed by atoms with Crippen LogP contribution < -0.4 is 10.1 Å². The lowest BCUT2D eigenvalue weighted by Gasteiger charge is -2.34. The van der Waals surface area contributed by atoms with E-state index in [1.54, 1.807) is 25.3 Å². The Bertz CT molecular complexity index is 1320. The van der Waals surface area contributed by atoms with E-state index >= 15 is 0 Å². The molecule has 0 unspecified atom stereocenters. The summed E-state index contributed by atoms with van der Waals surface area (Å²) in [5.41, 5.74) is 3.42. The predicted molar refractivity (Wildman–Crippen MR) is 138 cm³/mol. The smallest absolute Gasteiger partial charge is 0.322 e. The van der Waals surface area contributed by atoms with Crippen LogP contribution in [0.15, 0.2) is 66.9 Å². The molecule has 0 atom stereocenters. The van der Waals surface area contributed by atoms with E-state index in [9.17, 15) is 4.79 Å². The number of aromatic nitrogens is 3. The number of amides is 2. The molecule has 0 radical (unpaired) electrons. The van der Waals surface area contributed by atoms with Crippen LogP contribution in [0.5, 0.6) is 5.75 Å². The second-order valence-electron chi connectivity index (χ2n) is 8.40. The van der Waals surface area contributed by atoms with E-state index in [1.807, 2.05) is 41.4 Å². The Morgan fingerprint density at radius 2 is 1.83 bits per heavy atom. The van der Waals surface area contributed by atoms with Gasteiger partial charge in [-0.2, -0.15) is 0 Å². The van der Waals surface area contributed by atoms with Gasteiger partial charge in [-0.3, -0.25) is 4.90 Å². The van der Waals surface area contributed by atoms with E-state index in [0.29, 0.717) is 29.5 Å². The monoisotopic (exact) mass is 490 g/mol. The Kier molecular flexibility index (Phi) is 6.83. The van der Waals surface area contributed by atoms with Crippen molar-refractivity contribution in [3.05, 3.63) is 71.9 Å². The summed E-state index contributed by atoms with van der Waals surface area (Å²) in [6.45, 7) is 4.48. The van der Waals surface area contributed by atoms with Crippen molar-refractivity contribution in [1.29, 1.82) is 0 Å². The highest BCUT2D eigenvalue weighted by Crippen LogP contribution is 2.28. The lowest BCUT2D eigenvalue weighted by atomic mass is 10.2. The fourth-order valence-electron chi connectivity index (χ4n) is 4.37. The maximum absolute atomic E-state index is 12.8. The number of halogens is 1. The second-order valence-corrected chi connectivity index (χ2v) is 8.84. The van der Waals surface area contributed by atoms with Crippen LogP contribution in [-0.4, -0.2) is 70.2 Å². The van der Waals surface area contributed by atoms with Crippen LogP contribution in [0.3, 0.4) is 0 Å². The van der Waals surface area contributed by atoms with Crippen molar-refractivity contribution in [3.8, 4) is 17.1 Å². The Morgan fingerprint density at radius 1 is 1.03 bits per heavy atom. The number of nitrogens with zero attached hydrogens (tertiary/aromatic N) is 5. The minimum Gasteiger partial charge on any atom is -0.495 e. The molecule has 0 spiro atoms. The van der Waals surface area contributed by atoms with Gasteiger partial charge in [-0.15, -0.1) is 0 Å². The summed E-state index contributed by atoms with van der Waals surface area (Å²) in [6.07, 6.45) is 1.81. The molecule has 180 valence electrons. The van der Waals surface area contributed by atoms with Crippen LogP contribution >= 0.6 is 11.6 Å². The molecule has 5 rings (SSSR count). The van der Waals surface area contributed by atoms with Gasteiger partial charge in [0.05, 0.1) is 12.8 Å². The van der Waals surface area contributed by atoms with Gasteiger partial charge >= 0.3 is 6.03 Å². The number of ether oxygens (including phenoxy) is 1. The largest absolute Gasteiger partial charge is 0.495 e. The Balaban J connectivity index is 1.22. The minimum atomic E-state index is -0.151. The van der Waals surface area contributed by atoms with Gasteiger partial charge in [0.15, 0.2) is 5.65 Å². The van der Waals surface area contributed by atoms with Crippen molar-refractivity contribution in [2.24, 2.45) is 0 Å². The van der Waals surface area contributed by atoms with Crippen molar-refractivity contribution in [2.75, 3.05) is 45.2 Å². The standard InChI is InChI=1S/C26H27ClN6O2/c1-35-23-10-9-20(27)18-22(23)30-26(34)32-15-12-31(13-16-32)14-17-33-24(19-6-3-2-4-7-19)29-21-8-5-11-28-25(21)33/h2-11,18H,12-17H2,1H3,(H,30,34). The molecular weight excluding hydrogens is 464 g/mol. The molecule has 1 saturated heterocycles. The third-order valence-corrected chi connectivity index (χ3v) is 6.47. The quantitative estimate of drug-likeness (QED) is 0.427. The molecule has 1 aliphatic heterocycles. The normalized spacial score (nSPS) is 14.3. The molecule has 2 aromatic heterocycles. The zero-order valence-electron chi connectivity index (χ0n) is 19.5. The number of carbonyl (C=O) groups excluding carboxylic acids is 1. The summed E-state index contributed by atoms with van der Waals surface area (Å²) < 4.78 is 7.52. The lowest BCUT2D eigenvalue weighted by molar-refractivity contribution is 0.144. The number of hydrogen-bond acceptors (Lipinski definition) is 5. The highest BCUT2D eigenvalue weighted by atomic mass is 35.5. The number of urea groups is 1.